The molecule has 0 heterocycles. The number of hydrogen-bond acceptors (Lipinski definition) is 0. The van der Waals surface area contributed by atoms with Crippen LogP contribution in [0.15, 0.2) is 48.6 Å². The molecule has 0 saturated heterocycles. The molecule has 1 aromatic carbocycles. The van der Waals surface area contributed by atoms with Crippen LogP contribution in [0.2, 0.25) is 0 Å². The van der Waals surface area contributed by atoms with Crippen LogP contribution >= 0.6 is 0 Å². The van der Waals surface area contributed by atoms with Crippen LogP contribution in [0.5, 0.6) is 0 Å². The molecule has 1 aromatic rings. The van der Waals surface area contributed by atoms with Crippen molar-refractivity contribution in [2.75, 3.05) is 0 Å². The summed E-state index contributed by atoms with van der Waals surface area (Å²) in [5.41, 5.74) is 2.99. The van der Waals surface area contributed by atoms with Gasteiger partial charge in [-0.15, -0.1) is 0 Å². The topological polar surface area (TPSA) is 0 Å². The summed E-state index contributed by atoms with van der Waals surface area (Å²) in [5, 5.41) is 0. The SMILES string of the molecule is CCCCC/C=C\C/C=C\CCCCCCCCc1ccccc1[C](C)C. The van der Waals surface area contributed by atoms with Gasteiger partial charge < -0.3 is 0 Å². The molecule has 0 heteroatoms. The number of aryl methyl sites for hydroxylation is 1. The third-order valence-electron chi connectivity index (χ3n) is 5.20. The predicted molar refractivity (Wildman–Crippen MR) is 123 cm³/mol. The number of hydrogen-bond donors (Lipinski definition) is 0. The van der Waals surface area contributed by atoms with Crippen LogP contribution in [-0.4, -0.2) is 0 Å². The summed E-state index contributed by atoms with van der Waals surface area (Å²) < 4.78 is 0. The lowest BCUT2D eigenvalue weighted by Gasteiger charge is -2.11. The summed E-state index contributed by atoms with van der Waals surface area (Å²) in [6, 6.07) is 8.90. The van der Waals surface area contributed by atoms with Gasteiger partial charge in [0.1, 0.15) is 0 Å². The Morgan fingerprint density at radius 3 is 1.96 bits per heavy atom. The van der Waals surface area contributed by atoms with E-state index >= 15 is 0 Å². The Morgan fingerprint density at radius 2 is 1.30 bits per heavy atom. The fourth-order valence-corrected chi connectivity index (χ4v) is 3.53. The van der Waals surface area contributed by atoms with Gasteiger partial charge in [0.2, 0.25) is 0 Å². The highest BCUT2D eigenvalue weighted by Gasteiger charge is 2.05. The van der Waals surface area contributed by atoms with Crippen molar-refractivity contribution in [3.8, 4) is 0 Å². The van der Waals surface area contributed by atoms with E-state index in [9.17, 15) is 0 Å². The van der Waals surface area contributed by atoms with Crippen LogP contribution < -0.4 is 0 Å². The summed E-state index contributed by atoms with van der Waals surface area (Å²) in [7, 11) is 0. The van der Waals surface area contributed by atoms with E-state index in [-0.39, 0.29) is 0 Å². The highest BCUT2D eigenvalue weighted by Crippen LogP contribution is 2.20. The molecule has 0 nitrogen and oxygen atoms in total. The van der Waals surface area contributed by atoms with Crippen LogP contribution in [0.3, 0.4) is 0 Å². The van der Waals surface area contributed by atoms with Gasteiger partial charge in [0, 0.05) is 0 Å². The number of unbranched alkanes of at least 4 members (excludes halogenated alkanes) is 9. The van der Waals surface area contributed by atoms with Gasteiger partial charge >= 0.3 is 0 Å². The minimum Gasteiger partial charge on any atom is -0.0882 e. The monoisotopic (exact) mass is 367 g/mol. The third kappa shape index (κ3) is 12.7. The molecular weight excluding hydrogens is 324 g/mol. The van der Waals surface area contributed by atoms with Crippen molar-refractivity contribution >= 4 is 0 Å². The standard InChI is InChI=1S/C27H43/c1-4-5-6-7-8-9-10-11-12-13-14-15-16-17-18-19-22-26-23-20-21-24-27(26)25(2)3/h8-9,11-12,20-21,23-24H,4-7,10,13-19,22H2,1-3H3/b9-8-,12-11-. The van der Waals surface area contributed by atoms with E-state index in [1.807, 2.05) is 0 Å². The molecular formula is C27H43. The van der Waals surface area contributed by atoms with Crippen molar-refractivity contribution in [3.63, 3.8) is 0 Å². The first-order valence-electron chi connectivity index (χ1n) is 11.4. The first kappa shape index (κ1) is 23.7. The lowest BCUT2D eigenvalue weighted by atomic mass is 9.94. The first-order valence-corrected chi connectivity index (χ1v) is 11.4. The molecule has 27 heavy (non-hydrogen) atoms. The van der Waals surface area contributed by atoms with E-state index in [0.717, 1.165) is 6.42 Å². The smallest absolute Gasteiger partial charge is 0.000922 e. The van der Waals surface area contributed by atoms with E-state index < -0.39 is 0 Å². The molecule has 0 unspecified atom stereocenters. The molecule has 1 radical (unpaired) electrons. The molecule has 0 saturated carbocycles. The Bertz CT molecular complexity index is 507. The molecule has 0 bridgehead atoms. The van der Waals surface area contributed by atoms with Gasteiger partial charge in [0.25, 0.3) is 0 Å². The maximum atomic E-state index is 2.37. The summed E-state index contributed by atoms with van der Waals surface area (Å²) in [6.07, 6.45) is 26.5. The maximum absolute atomic E-state index is 2.37. The van der Waals surface area contributed by atoms with Crippen LogP contribution in [0, 0.1) is 5.92 Å². The second-order valence-electron chi connectivity index (χ2n) is 7.99. The molecule has 0 spiro atoms. The number of allylic oxidation sites excluding steroid dienone is 4. The lowest BCUT2D eigenvalue weighted by molar-refractivity contribution is 0.596. The quantitative estimate of drug-likeness (QED) is 0.202. The van der Waals surface area contributed by atoms with E-state index in [0.29, 0.717) is 0 Å². The van der Waals surface area contributed by atoms with Crippen molar-refractivity contribution < 1.29 is 0 Å². The van der Waals surface area contributed by atoms with E-state index in [1.54, 1.807) is 0 Å². The van der Waals surface area contributed by atoms with Crippen LogP contribution in [-0.2, 0) is 6.42 Å². The van der Waals surface area contributed by atoms with Crippen molar-refractivity contribution in [2.24, 2.45) is 0 Å². The summed E-state index contributed by atoms with van der Waals surface area (Å²) >= 11 is 0. The molecule has 0 atom stereocenters. The average Bonchev–Trinajstić information content (AvgIpc) is 2.68. The zero-order chi connectivity index (χ0) is 19.6. The molecule has 0 aliphatic heterocycles. The Labute approximate surface area is 170 Å². The fraction of sp³-hybridized carbons (Fsp3) is 0.593. The van der Waals surface area contributed by atoms with Gasteiger partial charge in [-0.1, -0.05) is 108 Å². The summed E-state index contributed by atoms with van der Waals surface area (Å²) in [4.78, 5) is 0. The minimum atomic E-state index is 1.11. The van der Waals surface area contributed by atoms with Gasteiger partial charge in [-0.3, -0.25) is 0 Å². The van der Waals surface area contributed by atoms with Crippen LogP contribution in [0.25, 0.3) is 0 Å². The fourth-order valence-electron chi connectivity index (χ4n) is 3.53. The van der Waals surface area contributed by atoms with Gasteiger partial charge in [-0.25, -0.2) is 0 Å². The molecule has 0 amide bonds. The Balaban J connectivity index is 1.94. The van der Waals surface area contributed by atoms with Crippen LogP contribution in [0.4, 0.5) is 0 Å². The van der Waals surface area contributed by atoms with Crippen molar-refractivity contribution in [3.05, 3.63) is 65.6 Å². The van der Waals surface area contributed by atoms with Crippen molar-refractivity contribution in [1.29, 1.82) is 0 Å². The summed E-state index contributed by atoms with van der Waals surface area (Å²) in [5.74, 6) is 1.44. The second-order valence-corrected chi connectivity index (χ2v) is 7.99. The molecule has 151 valence electrons. The molecule has 0 aromatic heterocycles. The molecule has 0 aliphatic carbocycles. The normalized spacial score (nSPS) is 12.0. The van der Waals surface area contributed by atoms with E-state index in [1.165, 1.54) is 94.1 Å². The third-order valence-corrected chi connectivity index (χ3v) is 5.20. The average molecular weight is 368 g/mol. The van der Waals surface area contributed by atoms with Gasteiger partial charge in [0.05, 0.1) is 0 Å². The number of benzene rings is 1. The highest BCUT2D eigenvalue weighted by atomic mass is 14.1. The Kier molecular flexibility index (Phi) is 14.8. The predicted octanol–water partition coefficient (Wildman–Crippen LogP) is 9.00. The number of rotatable bonds is 16. The van der Waals surface area contributed by atoms with Crippen molar-refractivity contribution in [2.45, 2.75) is 104 Å². The van der Waals surface area contributed by atoms with Gasteiger partial charge in [0.15, 0.2) is 0 Å². The zero-order valence-corrected chi connectivity index (χ0v) is 18.3. The minimum absolute atomic E-state index is 1.11. The molecule has 1 rings (SSSR count). The molecule has 0 N–H and O–H groups in total. The Hall–Kier alpha value is -1.30. The van der Waals surface area contributed by atoms with Crippen LogP contribution in [0.1, 0.15) is 109 Å². The summed E-state index contributed by atoms with van der Waals surface area (Å²) in [6.45, 7) is 6.70. The maximum Gasteiger partial charge on any atom is -0.000922 e. The van der Waals surface area contributed by atoms with E-state index in [2.05, 4.69) is 69.3 Å². The van der Waals surface area contributed by atoms with Crippen molar-refractivity contribution in [1.82, 2.24) is 0 Å². The van der Waals surface area contributed by atoms with E-state index in [4.69, 9.17) is 0 Å². The first-order chi connectivity index (χ1) is 13.3. The second kappa shape index (κ2) is 16.8. The molecule has 0 fully saturated rings. The van der Waals surface area contributed by atoms with Gasteiger partial charge in [-0.05, 0) is 62.0 Å². The zero-order valence-electron chi connectivity index (χ0n) is 18.3. The Morgan fingerprint density at radius 1 is 0.704 bits per heavy atom. The van der Waals surface area contributed by atoms with Gasteiger partial charge in [-0.2, -0.15) is 0 Å². The highest BCUT2D eigenvalue weighted by molar-refractivity contribution is 5.36. The lowest BCUT2D eigenvalue weighted by Crippen LogP contribution is -1.97. The largest absolute Gasteiger partial charge is 0.0882 e. The molecule has 0 aliphatic rings.